The van der Waals surface area contributed by atoms with Gasteiger partial charge in [-0.3, -0.25) is 14.2 Å². The second kappa shape index (κ2) is 9.73. The topological polar surface area (TPSA) is 136 Å². The third-order valence-electron chi connectivity index (χ3n) is 5.11. The SMILES string of the molecule is O=C(NCCOc1ccc2nnc(-c3ccccc3)n2n1)c1c[nH]c(=O)n(Cc2cccs2)c1=O. The van der Waals surface area contributed by atoms with Crippen LogP contribution in [0.5, 0.6) is 5.88 Å². The second-order valence-electron chi connectivity index (χ2n) is 7.41. The first-order valence-corrected chi connectivity index (χ1v) is 11.5. The van der Waals surface area contributed by atoms with Crippen LogP contribution >= 0.6 is 11.3 Å². The molecule has 176 valence electrons. The third-order valence-corrected chi connectivity index (χ3v) is 5.97. The van der Waals surface area contributed by atoms with E-state index in [1.54, 1.807) is 16.6 Å². The van der Waals surface area contributed by atoms with Crippen LogP contribution in [0.2, 0.25) is 0 Å². The molecule has 5 rings (SSSR count). The summed E-state index contributed by atoms with van der Waals surface area (Å²) in [5.41, 5.74) is 0.0454. The molecular weight excluding hydrogens is 470 g/mol. The molecule has 0 aliphatic carbocycles. The van der Waals surface area contributed by atoms with Gasteiger partial charge in [0, 0.05) is 22.7 Å². The summed E-state index contributed by atoms with van der Waals surface area (Å²) in [7, 11) is 0. The van der Waals surface area contributed by atoms with Crippen molar-refractivity contribution in [1.82, 2.24) is 34.7 Å². The zero-order valence-electron chi connectivity index (χ0n) is 18.2. The van der Waals surface area contributed by atoms with E-state index in [1.165, 1.54) is 11.3 Å². The molecule has 1 aromatic carbocycles. The number of fused-ring (bicyclic) bond motifs is 1. The predicted octanol–water partition coefficient (Wildman–Crippen LogP) is 1.56. The largest absolute Gasteiger partial charge is 0.475 e. The van der Waals surface area contributed by atoms with Gasteiger partial charge in [-0.2, -0.15) is 4.52 Å². The summed E-state index contributed by atoms with van der Waals surface area (Å²) in [6.07, 6.45) is 1.12. The number of benzene rings is 1. The average Bonchev–Trinajstić information content (AvgIpc) is 3.54. The number of hydrogen-bond donors (Lipinski definition) is 2. The fourth-order valence-corrected chi connectivity index (χ4v) is 4.10. The lowest BCUT2D eigenvalue weighted by molar-refractivity contribution is 0.0943. The minimum Gasteiger partial charge on any atom is -0.475 e. The van der Waals surface area contributed by atoms with Crippen LogP contribution in [0.25, 0.3) is 17.0 Å². The van der Waals surface area contributed by atoms with Crippen LogP contribution in [-0.2, 0) is 6.54 Å². The number of rotatable bonds is 8. The average molecular weight is 490 g/mol. The lowest BCUT2D eigenvalue weighted by atomic mass is 10.2. The van der Waals surface area contributed by atoms with E-state index >= 15 is 0 Å². The van der Waals surface area contributed by atoms with Crippen molar-refractivity contribution in [3.8, 4) is 17.3 Å². The van der Waals surface area contributed by atoms with Crippen LogP contribution in [-0.4, -0.2) is 48.4 Å². The maximum atomic E-state index is 12.7. The van der Waals surface area contributed by atoms with Crippen LogP contribution in [0.15, 0.2) is 75.8 Å². The van der Waals surface area contributed by atoms with Gasteiger partial charge in [0.2, 0.25) is 5.88 Å². The number of aromatic nitrogens is 6. The van der Waals surface area contributed by atoms with Gasteiger partial charge >= 0.3 is 5.69 Å². The van der Waals surface area contributed by atoms with Crippen LogP contribution in [0, 0.1) is 0 Å². The molecule has 0 fully saturated rings. The first-order chi connectivity index (χ1) is 17.1. The highest BCUT2D eigenvalue weighted by molar-refractivity contribution is 7.09. The fraction of sp³-hybridized carbons (Fsp3) is 0.130. The Balaban J connectivity index is 1.23. The van der Waals surface area contributed by atoms with E-state index in [0.717, 1.165) is 21.2 Å². The van der Waals surface area contributed by atoms with Gasteiger partial charge in [-0.05, 0) is 17.5 Å². The predicted molar refractivity (Wildman–Crippen MR) is 129 cm³/mol. The molecule has 11 nitrogen and oxygen atoms in total. The minimum atomic E-state index is -0.659. The molecule has 0 atom stereocenters. The molecule has 4 heterocycles. The molecule has 0 aliphatic rings. The molecule has 2 N–H and O–H groups in total. The Morgan fingerprint density at radius 3 is 2.71 bits per heavy atom. The van der Waals surface area contributed by atoms with E-state index in [-0.39, 0.29) is 25.3 Å². The van der Waals surface area contributed by atoms with Gasteiger partial charge in [0.1, 0.15) is 12.2 Å². The molecule has 0 bridgehead atoms. The van der Waals surface area contributed by atoms with Gasteiger partial charge in [0.15, 0.2) is 11.5 Å². The summed E-state index contributed by atoms with van der Waals surface area (Å²) in [5, 5.41) is 17.2. The molecule has 0 saturated heterocycles. The number of hydrogen-bond acceptors (Lipinski definition) is 8. The molecule has 0 radical (unpaired) electrons. The molecule has 0 unspecified atom stereocenters. The number of nitrogens with one attached hydrogen (secondary N) is 2. The summed E-state index contributed by atoms with van der Waals surface area (Å²) < 4.78 is 8.24. The molecule has 0 saturated carbocycles. The van der Waals surface area contributed by atoms with Gasteiger partial charge in [-0.1, -0.05) is 36.4 Å². The lowest BCUT2D eigenvalue weighted by Crippen LogP contribution is -2.41. The van der Waals surface area contributed by atoms with E-state index in [0.29, 0.717) is 17.4 Å². The number of carbonyl (C=O) groups is 1. The maximum absolute atomic E-state index is 12.7. The molecule has 35 heavy (non-hydrogen) atoms. The molecule has 4 aromatic heterocycles. The Kier molecular flexibility index (Phi) is 6.18. The van der Waals surface area contributed by atoms with Crippen LogP contribution in [0.1, 0.15) is 15.2 Å². The van der Waals surface area contributed by atoms with Crippen molar-refractivity contribution in [3.05, 3.63) is 97.5 Å². The summed E-state index contributed by atoms with van der Waals surface area (Å²) in [4.78, 5) is 40.6. The molecular formula is C23H19N7O4S. The van der Waals surface area contributed by atoms with Crippen LogP contribution in [0.3, 0.4) is 0 Å². The highest BCUT2D eigenvalue weighted by atomic mass is 32.1. The standard InChI is InChI=1S/C23H19N7O4S/c31-21(17-13-25-23(33)29(22(17)32)14-16-7-4-12-35-16)24-10-11-34-19-9-8-18-26-27-20(30(18)28-19)15-5-2-1-3-6-15/h1-9,12-13H,10-11,14H2,(H,24,31)(H,25,33). The highest BCUT2D eigenvalue weighted by Crippen LogP contribution is 2.18. The number of amides is 1. The summed E-state index contributed by atoms with van der Waals surface area (Å²) in [5.74, 6) is 0.297. The van der Waals surface area contributed by atoms with Gasteiger partial charge in [-0.15, -0.1) is 26.6 Å². The molecule has 12 heteroatoms. The summed E-state index contributed by atoms with van der Waals surface area (Å²) in [6, 6.07) is 16.6. The third kappa shape index (κ3) is 4.73. The second-order valence-corrected chi connectivity index (χ2v) is 8.45. The van der Waals surface area contributed by atoms with E-state index in [2.05, 4.69) is 25.6 Å². The quantitative estimate of drug-likeness (QED) is 0.316. The van der Waals surface area contributed by atoms with Crippen molar-refractivity contribution >= 4 is 22.9 Å². The monoisotopic (exact) mass is 489 g/mol. The minimum absolute atomic E-state index is 0.0955. The number of carbonyl (C=O) groups excluding carboxylic acids is 1. The van der Waals surface area contributed by atoms with Crippen molar-refractivity contribution in [2.24, 2.45) is 0 Å². The summed E-state index contributed by atoms with van der Waals surface area (Å²) in [6.45, 7) is 0.327. The highest BCUT2D eigenvalue weighted by Gasteiger charge is 2.15. The van der Waals surface area contributed by atoms with Crippen LogP contribution in [0.4, 0.5) is 0 Å². The Bertz CT molecular complexity index is 1590. The van der Waals surface area contributed by atoms with Crippen molar-refractivity contribution in [2.75, 3.05) is 13.2 Å². The fourth-order valence-electron chi connectivity index (χ4n) is 3.41. The van der Waals surface area contributed by atoms with Crippen molar-refractivity contribution in [2.45, 2.75) is 6.54 Å². The number of aromatic amines is 1. The van der Waals surface area contributed by atoms with Crippen LogP contribution < -0.4 is 21.3 Å². The lowest BCUT2D eigenvalue weighted by Gasteiger charge is -2.09. The summed E-state index contributed by atoms with van der Waals surface area (Å²) >= 11 is 1.42. The Hall–Kier alpha value is -4.58. The van der Waals surface area contributed by atoms with Crippen molar-refractivity contribution in [1.29, 1.82) is 0 Å². The smallest absolute Gasteiger partial charge is 0.328 e. The number of nitrogens with zero attached hydrogens (tertiary/aromatic N) is 5. The molecule has 1 amide bonds. The van der Waals surface area contributed by atoms with Gasteiger partial charge in [-0.25, -0.2) is 4.79 Å². The van der Waals surface area contributed by atoms with E-state index < -0.39 is 17.2 Å². The Morgan fingerprint density at radius 2 is 1.91 bits per heavy atom. The first kappa shape index (κ1) is 22.2. The van der Waals surface area contributed by atoms with Crippen molar-refractivity contribution < 1.29 is 9.53 Å². The van der Waals surface area contributed by atoms with Gasteiger partial charge in [0.05, 0.1) is 13.1 Å². The van der Waals surface area contributed by atoms with E-state index in [9.17, 15) is 14.4 Å². The molecule has 0 aliphatic heterocycles. The normalized spacial score (nSPS) is 11.0. The van der Waals surface area contributed by atoms with E-state index in [4.69, 9.17) is 4.74 Å². The van der Waals surface area contributed by atoms with Crippen molar-refractivity contribution in [3.63, 3.8) is 0 Å². The number of H-pyrrole nitrogens is 1. The molecule has 0 spiro atoms. The molecule has 5 aromatic rings. The van der Waals surface area contributed by atoms with Gasteiger partial charge < -0.3 is 15.0 Å². The Labute approximate surface area is 201 Å². The number of ether oxygens (including phenoxy) is 1. The Morgan fingerprint density at radius 1 is 1.06 bits per heavy atom. The zero-order valence-corrected chi connectivity index (χ0v) is 19.1. The first-order valence-electron chi connectivity index (χ1n) is 10.6. The number of thiophene rings is 1. The van der Waals surface area contributed by atoms with Gasteiger partial charge in [0.25, 0.3) is 11.5 Å². The zero-order chi connectivity index (χ0) is 24.2. The van der Waals surface area contributed by atoms with E-state index in [1.807, 2.05) is 47.8 Å². The maximum Gasteiger partial charge on any atom is 0.328 e.